The maximum absolute atomic E-state index is 14.5. The molecule has 2 N–H and O–H groups in total. The minimum absolute atomic E-state index is 0.0189. The lowest BCUT2D eigenvalue weighted by atomic mass is 9.82. The summed E-state index contributed by atoms with van der Waals surface area (Å²) in [5.41, 5.74) is 1.19. The Morgan fingerprint density at radius 2 is 1.76 bits per heavy atom. The number of fused-ring (bicyclic) bond motifs is 1. The number of benzene rings is 1. The van der Waals surface area contributed by atoms with Crippen LogP contribution in [0.4, 0.5) is 8.78 Å². The lowest BCUT2D eigenvalue weighted by Crippen LogP contribution is -2.44. The first-order valence-corrected chi connectivity index (χ1v) is 13.3. The van der Waals surface area contributed by atoms with E-state index >= 15 is 0 Å². The number of pyridine rings is 1. The van der Waals surface area contributed by atoms with Gasteiger partial charge in [-0.3, -0.25) is 9.59 Å². The van der Waals surface area contributed by atoms with Crippen LogP contribution in [-0.2, 0) is 9.59 Å². The van der Waals surface area contributed by atoms with Crippen molar-refractivity contribution in [2.24, 2.45) is 11.8 Å². The molecule has 0 bridgehead atoms. The van der Waals surface area contributed by atoms with Gasteiger partial charge in [0.1, 0.15) is 11.9 Å². The Labute approximate surface area is 219 Å². The van der Waals surface area contributed by atoms with Crippen molar-refractivity contribution in [3.63, 3.8) is 0 Å². The number of carboxylic acid groups (broad SMARTS) is 1. The molecule has 0 spiro atoms. The molecular formula is C28H32F2N4O4. The summed E-state index contributed by atoms with van der Waals surface area (Å²) in [4.78, 5) is 34.3. The van der Waals surface area contributed by atoms with Crippen molar-refractivity contribution in [1.29, 1.82) is 0 Å². The molecule has 2 saturated carbocycles. The number of ether oxygens (including phenoxy) is 1. The Bertz CT molecular complexity index is 1310. The third kappa shape index (κ3) is 5.21. The molecule has 1 atom stereocenters. The van der Waals surface area contributed by atoms with Crippen molar-refractivity contribution >= 4 is 22.9 Å². The van der Waals surface area contributed by atoms with E-state index in [9.17, 15) is 23.5 Å². The highest BCUT2D eigenvalue weighted by molar-refractivity contribution is 5.87. The van der Waals surface area contributed by atoms with Gasteiger partial charge in [0.05, 0.1) is 24.1 Å². The van der Waals surface area contributed by atoms with E-state index in [2.05, 4.69) is 15.3 Å². The van der Waals surface area contributed by atoms with Gasteiger partial charge in [-0.25, -0.2) is 18.7 Å². The van der Waals surface area contributed by atoms with Gasteiger partial charge in [0, 0.05) is 36.0 Å². The van der Waals surface area contributed by atoms with Crippen LogP contribution >= 0.6 is 0 Å². The molecular weight excluding hydrogens is 494 g/mol. The van der Waals surface area contributed by atoms with Gasteiger partial charge >= 0.3 is 5.97 Å². The van der Waals surface area contributed by atoms with Gasteiger partial charge in [0.2, 0.25) is 11.8 Å². The molecule has 2 aromatic heterocycles. The SMILES string of the molecule is COc1ccc(-c2nc3cc(F)c(F)cc3n2C(C(=O)N[C@H]2CC[C@H](C(=O)O)CC2)C2CCCCC2)cn1. The first kappa shape index (κ1) is 26.1. The van der Waals surface area contributed by atoms with E-state index in [1.54, 1.807) is 22.9 Å². The Balaban J connectivity index is 1.57. The molecule has 0 aliphatic heterocycles. The molecule has 8 nitrogen and oxygen atoms in total. The van der Waals surface area contributed by atoms with Gasteiger partial charge in [-0.1, -0.05) is 19.3 Å². The van der Waals surface area contributed by atoms with E-state index in [0.29, 0.717) is 48.5 Å². The molecule has 2 heterocycles. The molecule has 1 amide bonds. The van der Waals surface area contributed by atoms with E-state index in [-0.39, 0.29) is 29.3 Å². The summed E-state index contributed by atoms with van der Waals surface area (Å²) in [5.74, 6) is -2.61. The average molecular weight is 527 g/mol. The Morgan fingerprint density at radius 3 is 2.39 bits per heavy atom. The summed E-state index contributed by atoms with van der Waals surface area (Å²) < 4.78 is 35.7. The zero-order valence-corrected chi connectivity index (χ0v) is 21.3. The zero-order chi connectivity index (χ0) is 26.8. The minimum atomic E-state index is -1.01. The normalized spacial score (nSPS) is 21.2. The van der Waals surface area contributed by atoms with Gasteiger partial charge < -0.3 is 19.7 Å². The van der Waals surface area contributed by atoms with Crippen molar-refractivity contribution in [1.82, 2.24) is 19.9 Å². The van der Waals surface area contributed by atoms with E-state index < -0.39 is 23.6 Å². The third-order valence-electron chi connectivity index (χ3n) is 8.00. The molecule has 202 valence electrons. The smallest absolute Gasteiger partial charge is 0.306 e. The highest BCUT2D eigenvalue weighted by atomic mass is 19.2. The van der Waals surface area contributed by atoms with Crippen molar-refractivity contribution in [2.45, 2.75) is 69.9 Å². The van der Waals surface area contributed by atoms with Crippen molar-refractivity contribution in [3.8, 4) is 17.3 Å². The molecule has 5 rings (SSSR count). The number of amides is 1. The first-order valence-electron chi connectivity index (χ1n) is 13.3. The second-order valence-corrected chi connectivity index (χ2v) is 10.4. The van der Waals surface area contributed by atoms with Crippen LogP contribution in [0, 0.1) is 23.5 Å². The van der Waals surface area contributed by atoms with Crippen LogP contribution in [0.1, 0.15) is 63.8 Å². The van der Waals surface area contributed by atoms with Gasteiger partial charge in [0.25, 0.3) is 0 Å². The van der Waals surface area contributed by atoms with Gasteiger partial charge in [-0.2, -0.15) is 0 Å². The summed E-state index contributed by atoms with van der Waals surface area (Å²) in [6.45, 7) is 0. The lowest BCUT2D eigenvalue weighted by Gasteiger charge is -2.34. The lowest BCUT2D eigenvalue weighted by molar-refractivity contribution is -0.142. The summed E-state index contributed by atoms with van der Waals surface area (Å²) >= 11 is 0. The number of rotatable bonds is 7. The Kier molecular flexibility index (Phi) is 7.58. The van der Waals surface area contributed by atoms with E-state index in [1.165, 1.54) is 7.11 Å². The maximum atomic E-state index is 14.5. The number of halogens is 2. The van der Waals surface area contributed by atoms with Crippen LogP contribution in [0.5, 0.6) is 5.88 Å². The van der Waals surface area contributed by atoms with Crippen LogP contribution in [-0.4, -0.2) is 44.7 Å². The molecule has 2 fully saturated rings. The van der Waals surface area contributed by atoms with Crippen molar-refractivity contribution in [3.05, 3.63) is 42.1 Å². The molecule has 0 radical (unpaired) electrons. The largest absolute Gasteiger partial charge is 0.481 e. The highest BCUT2D eigenvalue weighted by Gasteiger charge is 2.36. The number of imidazole rings is 1. The number of carbonyl (C=O) groups is 2. The van der Waals surface area contributed by atoms with Crippen molar-refractivity contribution in [2.75, 3.05) is 7.11 Å². The molecule has 3 aromatic rings. The predicted octanol–water partition coefficient (Wildman–Crippen LogP) is 5.27. The molecule has 1 aromatic carbocycles. The maximum Gasteiger partial charge on any atom is 0.306 e. The summed E-state index contributed by atoms with van der Waals surface area (Å²) in [6, 6.07) is 4.78. The van der Waals surface area contributed by atoms with Crippen LogP contribution < -0.4 is 10.1 Å². The van der Waals surface area contributed by atoms with E-state index in [0.717, 1.165) is 44.2 Å². The number of aromatic nitrogens is 3. The second-order valence-electron chi connectivity index (χ2n) is 10.4. The predicted molar refractivity (Wildman–Crippen MR) is 137 cm³/mol. The Morgan fingerprint density at radius 1 is 1.05 bits per heavy atom. The zero-order valence-electron chi connectivity index (χ0n) is 21.3. The second kappa shape index (κ2) is 11.0. The highest BCUT2D eigenvalue weighted by Crippen LogP contribution is 2.39. The van der Waals surface area contributed by atoms with Crippen LogP contribution in [0.2, 0.25) is 0 Å². The fourth-order valence-corrected chi connectivity index (χ4v) is 5.97. The van der Waals surface area contributed by atoms with Crippen LogP contribution in [0.15, 0.2) is 30.5 Å². The number of hydrogen-bond acceptors (Lipinski definition) is 5. The summed E-state index contributed by atoms with van der Waals surface area (Å²) in [6.07, 6.45) is 8.46. The van der Waals surface area contributed by atoms with Gasteiger partial charge in [-0.15, -0.1) is 0 Å². The van der Waals surface area contributed by atoms with Crippen LogP contribution in [0.3, 0.4) is 0 Å². The number of nitrogens with one attached hydrogen (secondary N) is 1. The summed E-state index contributed by atoms with van der Waals surface area (Å²) in [5, 5.41) is 12.5. The van der Waals surface area contributed by atoms with Crippen LogP contribution in [0.25, 0.3) is 22.4 Å². The molecule has 38 heavy (non-hydrogen) atoms. The molecule has 1 unspecified atom stereocenters. The average Bonchev–Trinajstić information content (AvgIpc) is 3.27. The standard InChI is InChI=1S/C28H32F2N4O4/c1-38-24-12-9-18(15-31-24)26-33-22-13-20(29)21(30)14-23(22)34(26)25(16-5-3-2-4-6-16)27(35)32-19-10-7-17(8-11-19)28(36)37/h9,12-17,19,25H,2-8,10-11H2,1H3,(H,32,35)(H,36,37)/t17-,19-,25?. The molecule has 0 saturated heterocycles. The summed E-state index contributed by atoms with van der Waals surface area (Å²) in [7, 11) is 1.51. The third-order valence-corrected chi connectivity index (χ3v) is 8.00. The number of aliphatic carboxylic acids is 1. The molecule has 2 aliphatic rings. The molecule has 2 aliphatic carbocycles. The van der Waals surface area contributed by atoms with E-state index in [4.69, 9.17) is 4.74 Å². The number of nitrogens with zero attached hydrogens (tertiary/aromatic N) is 3. The van der Waals surface area contributed by atoms with E-state index in [1.807, 2.05) is 0 Å². The number of carbonyl (C=O) groups excluding carboxylic acids is 1. The number of methoxy groups -OCH3 is 1. The number of carboxylic acids is 1. The molecule has 10 heteroatoms. The minimum Gasteiger partial charge on any atom is -0.481 e. The van der Waals surface area contributed by atoms with Gasteiger partial charge in [-0.05, 0) is 50.5 Å². The Hall–Kier alpha value is -3.56. The fraction of sp³-hybridized carbons (Fsp3) is 0.500. The monoisotopic (exact) mass is 526 g/mol. The quantitative estimate of drug-likeness (QED) is 0.435. The van der Waals surface area contributed by atoms with Gasteiger partial charge in [0.15, 0.2) is 11.6 Å². The topological polar surface area (TPSA) is 106 Å². The number of hydrogen-bond donors (Lipinski definition) is 2. The van der Waals surface area contributed by atoms with Crippen molar-refractivity contribution < 1.29 is 28.2 Å². The first-order chi connectivity index (χ1) is 18.4. The fourth-order valence-electron chi connectivity index (χ4n) is 5.97.